The number of benzene rings is 2. The van der Waals surface area contributed by atoms with Crippen molar-refractivity contribution >= 4 is 16.9 Å². The van der Waals surface area contributed by atoms with E-state index in [0.717, 1.165) is 5.39 Å². The zero-order chi connectivity index (χ0) is 18.6. The van der Waals surface area contributed by atoms with E-state index < -0.39 is 23.9 Å². The molecule has 4 N–H and O–H groups in total. The molecule has 136 valence electrons. The average Bonchev–Trinajstić information content (AvgIpc) is 2.52. The molecule has 0 aromatic heterocycles. The summed E-state index contributed by atoms with van der Waals surface area (Å²) < 4.78 is 5.11. The Balaban J connectivity index is 2.02. The van der Waals surface area contributed by atoms with Gasteiger partial charge in [0.25, 0.3) is 0 Å². The molecule has 25 heavy (non-hydrogen) atoms. The number of nitrogens with one attached hydrogen (secondary N) is 1. The van der Waals surface area contributed by atoms with E-state index >= 15 is 0 Å². The molecule has 2 unspecified atom stereocenters. The largest absolute Gasteiger partial charge is 0.508 e. The van der Waals surface area contributed by atoms with E-state index in [4.69, 9.17) is 4.74 Å². The summed E-state index contributed by atoms with van der Waals surface area (Å²) in [5.74, 6) is -0.0784. The molecule has 0 fully saturated rings. The molecule has 0 saturated carbocycles. The normalized spacial score (nSPS) is 14.1. The fraction of sp³-hybridized carbons (Fsp3) is 0.421. The minimum absolute atomic E-state index is 0.0784. The Bertz CT molecular complexity index is 738. The lowest BCUT2D eigenvalue weighted by atomic mass is 9.95. The van der Waals surface area contributed by atoms with Crippen molar-refractivity contribution in [2.24, 2.45) is 0 Å². The molecule has 0 radical (unpaired) electrons. The van der Waals surface area contributed by atoms with Crippen molar-refractivity contribution < 1.29 is 24.9 Å². The molecular formula is C19H25NO5. The van der Waals surface area contributed by atoms with Crippen LogP contribution in [-0.2, 0) is 4.74 Å². The first-order valence-electron chi connectivity index (χ1n) is 8.22. The number of hydrogen-bond acceptors (Lipinski definition) is 5. The number of rotatable bonds is 5. The first-order valence-corrected chi connectivity index (χ1v) is 8.22. The van der Waals surface area contributed by atoms with Gasteiger partial charge >= 0.3 is 6.09 Å². The van der Waals surface area contributed by atoms with Gasteiger partial charge in [0.05, 0.1) is 6.10 Å². The Hall–Kier alpha value is -2.31. The Morgan fingerprint density at radius 1 is 1.16 bits per heavy atom. The second-order valence-corrected chi connectivity index (χ2v) is 6.95. The summed E-state index contributed by atoms with van der Waals surface area (Å²) in [5.41, 5.74) is -0.320. The topological polar surface area (TPSA) is 99.0 Å². The standard InChI is InChI=1S/C19H25NO5/c1-19(2,3)25-18(24)20-11-10-15(22)17(23)16-13-7-5-4-6-12(13)8-9-14(16)21/h4-9,15,17,21-23H,10-11H2,1-3H3,(H,20,24). The van der Waals surface area contributed by atoms with Gasteiger partial charge < -0.3 is 25.4 Å². The fourth-order valence-corrected chi connectivity index (χ4v) is 2.58. The van der Waals surface area contributed by atoms with E-state index in [2.05, 4.69) is 5.32 Å². The number of aliphatic hydroxyl groups is 2. The number of carbonyl (C=O) groups excluding carboxylic acids is 1. The van der Waals surface area contributed by atoms with Gasteiger partial charge in [0.15, 0.2) is 0 Å². The van der Waals surface area contributed by atoms with Crippen molar-refractivity contribution in [3.05, 3.63) is 42.0 Å². The van der Waals surface area contributed by atoms with Gasteiger partial charge in [-0.15, -0.1) is 0 Å². The SMILES string of the molecule is CC(C)(C)OC(=O)NCCC(O)C(O)c1c(O)ccc2ccccc12. The molecule has 2 aromatic carbocycles. The van der Waals surface area contributed by atoms with E-state index in [9.17, 15) is 20.1 Å². The third-order valence-corrected chi connectivity index (χ3v) is 3.72. The third kappa shape index (κ3) is 5.08. The number of alkyl carbamates (subject to hydrolysis) is 1. The summed E-state index contributed by atoms with van der Waals surface area (Å²) in [7, 11) is 0. The Labute approximate surface area is 147 Å². The molecule has 0 aliphatic rings. The number of fused-ring (bicyclic) bond motifs is 1. The predicted octanol–water partition coefficient (Wildman–Crippen LogP) is 2.85. The number of aliphatic hydroxyl groups excluding tert-OH is 2. The van der Waals surface area contributed by atoms with Crippen molar-refractivity contribution in [2.45, 2.75) is 45.0 Å². The Morgan fingerprint density at radius 3 is 2.52 bits per heavy atom. The van der Waals surface area contributed by atoms with Crippen LogP contribution < -0.4 is 5.32 Å². The highest BCUT2D eigenvalue weighted by molar-refractivity contribution is 5.88. The molecule has 2 rings (SSSR count). The van der Waals surface area contributed by atoms with Gasteiger partial charge in [-0.05, 0) is 44.0 Å². The molecule has 2 atom stereocenters. The number of carbonyl (C=O) groups is 1. The van der Waals surface area contributed by atoms with E-state index in [1.807, 2.05) is 12.1 Å². The highest BCUT2D eigenvalue weighted by Crippen LogP contribution is 2.34. The molecule has 6 nitrogen and oxygen atoms in total. The van der Waals surface area contributed by atoms with Crippen LogP contribution in [0.25, 0.3) is 10.8 Å². The Morgan fingerprint density at radius 2 is 1.84 bits per heavy atom. The summed E-state index contributed by atoms with van der Waals surface area (Å²) in [6, 6.07) is 10.5. The first-order chi connectivity index (χ1) is 11.7. The zero-order valence-corrected chi connectivity index (χ0v) is 14.7. The summed E-state index contributed by atoms with van der Waals surface area (Å²) in [6.45, 7) is 5.41. The van der Waals surface area contributed by atoms with Crippen molar-refractivity contribution in [1.29, 1.82) is 0 Å². The summed E-state index contributed by atoms with van der Waals surface area (Å²) >= 11 is 0. The average molecular weight is 347 g/mol. The molecular weight excluding hydrogens is 322 g/mol. The van der Waals surface area contributed by atoms with Gasteiger partial charge in [0.2, 0.25) is 0 Å². The van der Waals surface area contributed by atoms with Gasteiger partial charge in [-0.25, -0.2) is 4.79 Å². The third-order valence-electron chi connectivity index (χ3n) is 3.72. The van der Waals surface area contributed by atoms with Crippen molar-refractivity contribution in [3.63, 3.8) is 0 Å². The van der Waals surface area contributed by atoms with E-state index in [0.29, 0.717) is 5.39 Å². The second-order valence-electron chi connectivity index (χ2n) is 6.95. The summed E-state index contributed by atoms with van der Waals surface area (Å²) in [4.78, 5) is 11.6. The maximum Gasteiger partial charge on any atom is 0.407 e. The highest BCUT2D eigenvalue weighted by Gasteiger charge is 2.24. The Kier molecular flexibility index (Phi) is 5.87. The number of ether oxygens (including phenoxy) is 1. The lowest BCUT2D eigenvalue weighted by molar-refractivity contribution is 0.0119. The van der Waals surface area contributed by atoms with Crippen molar-refractivity contribution in [3.8, 4) is 5.75 Å². The first kappa shape index (κ1) is 19.0. The van der Waals surface area contributed by atoms with Crippen LogP contribution in [0.2, 0.25) is 0 Å². The number of phenols is 1. The molecule has 0 bridgehead atoms. The smallest absolute Gasteiger partial charge is 0.407 e. The number of amides is 1. The van der Waals surface area contributed by atoms with Crippen molar-refractivity contribution in [1.82, 2.24) is 5.32 Å². The van der Waals surface area contributed by atoms with Gasteiger partial charge in [-0.2, -0.15) is 0 Å². The van der Waals surface area contributed by atoms with E-state index in [1.165, 1.54) is 6.07 Å². The molecule has 0 heterocycles. The van der Waals surface area contributed by atoms with Crippen LogP contribution in [0.15, 0.2) is 36.4 Å². The van der Waals surface area contributed by atoms with Gasteiger partial charge in [-0.3, -0.25) is 0 Å². The zero-order valence-electron chi connectivity index (χ0n) is 14.7. The van der Waals surface area contributed by atoms with Crippen LogP contribution in [0.5, 0.6) is 5.75 Å². The fourth-order valence-electron chi connectivity index (χ4n) is 2.58. The van der Waals surface area contributed by atoms with Crippen LogP contribution in [0.4, 0.5) is 4.79 Å². The molecule has 1 amide bonds. The lowest BCUT2D eigenvalue weighted by Crippen LogP contribution is -2.34. The molecule has 0 aliphatic heterocycles. The lowest BCUT2D eigenvalue weighted by Gasteiger charge is -2.22. The summed E-state index contributed by atoms with van der Waals surface area (Å²) in [6.07, 6.45) is -2.89. The monoisotopic (exact) mass is 347 g/mol. The maximum absolute atomic E-state index is 11.6. The minimum Gasteiger partial charge on any atom is -0.508 e. The number of hydrogen-bond donors (Lipinski definition) is 4. The molecule has 0 spiro atoms. The van der Waals surface area contributed by atoms with E-state index in [-0.39, 0.29) is 24.3 Å². The summed E-state index contributed by atoms with van der Waals surface area (Å²) in [5, 5.41) is 34.9. The predicted molar refractivity (Wildman–Crippen MR) is 95.4 cm³/mol. The second kappa shape index (κ2) is 7.72. The molecule has 2 aromatic rings. The molecule has 0 aliphatic carbocycles. The quantitative estimate of drug-likeness (QED) is 0.666. The van der Waals surface area contributed by atoms with Gasteiger partial charge in [0.1, 0.15) is 17.5 Å². The van der Waals surface area contributed by atoms with Crippen LogP contribution in [0.3, 0.4) is 0 Å². The van der Waals surface area contributed by atoms with Crippen LogP contribution in [0.1, 0.15) is 38.9 Å². The molecule has 6 heteroatoms. The number of phenolic OH excluding ortho intramolecular Hbond substituents is 1. The molecule has 0 saturated heterocycles. The number of aromatic hydroxyl groups is 1. The maximum atomic E-state index is 11.6. The minimum atomic E-state index is -1.27. The van der Waals surface area contributed by atoms with Gasteiger partial charge in [-0.1, -0.05) is 30.3 Å². The van der Waals surface area contributed by atoms with Crippen molar-refractivity contribution in [2.75, 3.05) is 6.54 Å². The van der Waals surface area contributed by atoms with Crippen LogP contribution >= 0.6 is 0 Å². The van der Waals surface area contributed by atoms with Crippen LogP contribution in [-0.4, -0.2) is 39.7 Å². The highest BCUT2D eigenvalue weighted by atomic mass is 16.6. The van der Waals surface area contributed by atoms with Crippen LogP contribution in [0, 0.1) is 0 Å². The van der Waals surface area contributed by atoms with Gasteiger partial charge in [0, 0.05) is 12.1 Å². The van der Waals surface area contributed by atoms with E-state index in [1.54, 1.807) is 39.0 Å².